The molecule has 2 saturated heterocycles. The number of unbranched alkanes of at least 4 members (excludes halogenated alkanes) is 1. The fourth-order valence-electron chi connectivity index (χ4n) is 10.1. The summed E-state index contributed by atoms with van der Waals surface area (Å²) in [5, 5.41) is 35.5. The Kier molecular flexibility index (Phi) is 33.0. The van der Waals surface area contributed by atoms with Crippen LogP contribution in [0.3, 0.4) is 0 Å². The number of fused-ring (bicyclic) bond motifs is 3. The van der Waals surface area contributed by atoms with Crippen LogP contribution in [0, 0.1) is 17.8 Å². The number of carbonyl (C=O) groups excluding carboxylic acids is 10. The molecule has 2 bridgehead atoms. The number of aliphatic imine (C=N–C) groups is 1. The average molecular weight is 1240 g/mol. The van der Waals surface area contributed by atoms with Crippen molar-refractivity contribution in [2.24, 2.45) is 39.9 Å². The molecule has 484 valence electrons. The van der Waals surface area contributed by atoms with E-state index in [1.165, 1.54) is 16.8 Å². The second-order valence-corrected chi connectivity index (χ2v) is 23.4. The summed E-state index contributed by atoms with van der Waals surface area (Å²) in [6, 6.07) is 2.78. The van der Waals surface area contributed by atoms with Crippen molar-refractivity contribution >= 4 is 76.4 Å². The van der Waals surface area contributed by atoms with Gasteiger partial charge in [-0.05, 0) is 81.4 Å². The van der Waals surface area contributed by atoms with Crippen LogP contribution in [-0.4, -0.2) is 179 Å². The number of ketones is 4. The molecule has 8 atom stereocenters. The number of aromatic nitrogens is 3. The number of benzene rings is 1. The zero-order valence-corrected chi connectivity index (χ0v) is 51.7. The van der Waals surface area contributed by atoms with Gasteiger partial charge in [-0.25, -0.2) is 4.79 Å². The van der Waals surface area contributed by atoms with E-state index >= 15 is 0 Å². The molecule has 2 fully saturated rings. The van der Waals surface area contributed by atoms with Gasteiger partial charge in [-0.1, -0.05) is 51.5 Å². The predicted molar refractivity (Wildman–Crippen MR) is 325 cm³/mol. The molecular formula is C59H93N13O14S. The number of aromatic hydroxyl groups is 1. The van der Waals surface area contributed by atoms with E-state index in [1.54, 1.807) is 32.2 Å². The number of nitrogens with one attached hydrogen (secondary N) is 6. The molecule has 3 aliphatic rings. The van der Waals surface area contributed by atoms with Crippen LogP contribution in [0.25, 0.3) is 0 Å². The second-order valence-electron chi connectivity index (χ2n) is 22.1. The Hall–Kier alpha value is -7.04. The molecule has 4 heterocycles. The Morgan fingerprint density at radius 1 is 0.770 bits per heavy atom. The first-order valence-corrected chi connectivity index (χ1v) is 31.5. The lowest BCUT2D eigenvalue weighted by atomic mass is 9.89. The fourth-order valence-corrected chi connectivity index (χ4v) is 11.6. The minimum atomic E-state index is -1.19. The molecule has 1 aromatic carbocycles. The van der Waals surface area contributed by atoms with Gasteiger partial charge in [0.05, 0.1) is 62.7 Å². The SMILES string of the molecule is CC.CC(C)[C@H]1CC(=O)CNC(=O)CCC(=O)[C@@H](Cc2ccc(O)cc2)NC(=O)[C@@H](CC(=O)COCCOCCOCCCC(=O)CCCC[C@H]2SC[C@H]3NC(=O)N[C@H]32)Cc2cn(nn2)CCCC[C@@H](C(N)=O)NC(=O)C(CCCN=C(N)N)NC1=O. The van der Waals surface area contributed by atoms with Crippen LogP contribution in [0.4, 0.5) is 4.79 Å². The summed E-state index contributed by atoms with van der Waals surface area (Å²) in [4.78, 5) is 136. The number of phenols is 1. The van der Waals surface area contributed by atoms with E-state index in [9.17, 15) is 53.1 Å². The minimum absolute atomic E-state index is 0.0227. The highest BCUT2D eigenvalue weighted by Gasteiger charge is 2.42. The molecule has 3 aliphatic heterocycles. The molecule has 0 saturated carbocycles. The highest BCUT2D eigenvalue weighted by molar-refractivity contribution is 8.00. The number of rotatable bonds is 27. The molecule has 7 amide bonds. The molecule has 2 aromatic rings. The quantitative estimate of drug-likeness (QED) is 0.0261. The molecule has 0 radical (unpaired) electrons. The van der Waals surface area contributed by atoms with Crippen molar-refractivity contribution in [3.8, 4) is 5.75 Å². The van der Waals surface area contributed by atoms with Crippen molar-refractivity contribution < 1.29 is 67.3 Å². The number of hydrogen-bond donors (Lipinski definition) is 10. The van der Waals surface area contributed by atoms with Crippen molar-refractivity contribution in [2.45, 2.75) is 179 Å². The Labute approximate surface area is 513 Å². The maximum atomic E-state index is 14.3. The summed E-state index contributed by atoms with van der Waals surface area (Å²) in [7, 11) is 0. The van der Waals surface area contributed by atoms with E-state index in [4.69, 9.17) is 31.4 Å². The van der Waals surface area contributed by atoms with Crippen molar-refractivity contribution in [3.05, 3.63) is 41.7 Å². The standard InChI is InChI=1S/C57H87N13O14S.C2H6/c1-35(2)43-30-41(73)31-62-50(76)19-18-48(75)46(27-36-14-16-40(72)17-15-36)65-53(78)37(28-38-32-70(69-68-38)21-6-5-11-44(52(58)77)63-55(80)45(64-54(43)79)12-7-20-61-56(59)60)29-42(74)33-84-26-25-83-24-23-82-22-8-10-39(71)9-3-4-13-49-51-47(34-85-49)66-57(81)67-51;1-2/h14-17,32,35,37,43-47,49,51,72H,3-13,18-31,33-34H2,1-2H3,(H2,58,77)(H,62,76)(H,63,80)(H,64,79)(H,65,78)(H4,59,60,61)(H2,66,67,81);1-2H3/t37-,43-,44+,45?,46-,47-,49-,51-;/m1./s1. The molecule has 1 aromatic heterocycles. The van der Waals surface area contributed by atoms with Crippen LogP contribution in [0.2, 0.25) is 0 Å². The van der Waals surface area contributed by atoms with Gasteiger partial charge >= 0.3 is 6.03 Å². The van der Waals surface area contributed by atoms with Crippen LogP contribution in [0.1, 0.15) is 135 Å². The van der Waals surface area contributed by atoms with Crippen LogP contribution < -0.4 is 49.1 Å². The zero-order valence-electron chi connectivity index (χ0n) is 50.9. The third kappa shape index (κ3) is 27.7. The lowest BCUT2D eigenvalue weighted by Gasteiger charge is -2.25. The number of guanidine groups is 1. The maximum absolute atomic E-state index is 14.3. The van der Waals surface area contributed by atoms with Gasteiger partial charge in [-0.3, -0.25) is 52.8 Å². The minimum Gasteiger partial charge on any atom is -0.508 e. The third-order valence-corrected chi connectivity index (χ3v) is 16.4. The van der Waals surface area contributed by atoms with Gasteiger partial charge in [0.1, 0.15) is 30.2 Å². The highest BCUT2D eigenvalue weighted by Crippen LogP contribution is 2.33. The predicted octanol–water partition coefficient (Wildman–Crippen LogP) is 1.37. The number of carbonyl (C=O) groups is 10. The van der Waals surface area contributed by atoms with Gasteiger partial charge in [0.2, 0.25) is 29.5 Å². The van der Waals surface area contributed by atoms with Crippen molar-refractivity contribution in [1.29, 1.82) is 0 Å². The molecule has 87 heavy (non-hydrogen) atoms. The Morgan fingerprint density at radius 3 is 2.18 bits per heavy atom. The number of phenolic OH excluding ortho intramolecular Hbond substituents is 1. The first-order valence-electron chi connectivity index (χ1n) is 30.4. The summed E-state index contributed by atoms with van der Waals surface area (Å²) in [5.41, 5.74) is 17.6. The van der Waals surface area contributed by atoms with Gasteiger partial charge in [-0.2, -0.15) is 11.8 Å². The topological polar surface area (TPSA) is 412 Å². The first-order chi connectivity index (χ1) is 41.7. The van der Waals surface area contributed by atoms with E-state index < -0.39 is 89.3 Å². The molecular weight excluding hydrogens is 1150 g/mol. The van der Waals surface area contributed by atoms with E-state index in [0.717, 1.165) is 25.0 Å². The molecule has 0 spiro atoms. The number of nitrogens with zero attached hydrogens (tertiary/aromatic N) is 4. The summed E-state index contributed by atoms with van der Waals surface area (Å²) in [6.45, 7) is 8.24. The summed E-state index contributed by atoms with van der Waals surface area (Å²) in [6.07, 6.45) is 5.68. The number of hydrogen-bond acceptors (Lipinski definition) is 18. The fraction of sp³-hybridized carbons (Fsp3) is 0.678. The van der Waals surface area contributed by atoms with Crippen LogP contribution in [0.15, 0.2) is 35.5 Å². The van der Waals surface area contributed by atoms with E-state index in [2.05, 4.69) is 47.2 Å². The third-order valence-electron chi connectivity index (χ3n) is 14.9. The number of ether oxygens (including phenoxy) is 3. The number of nitrogens with two attached hydrogens (primary N) is 3. The molecule has 0 aliphatic carbocycles. The Balaban J connectivity index is 0.00000801. The number of urea groups is 1. The summed E-state index contributed by atoms with van der Waals surface area (Å²) >= 11 is 1.87. The van der Waals surface area contributed by atoms with Gasteiger partial charge < -0.3 is 68.4 Å². The number of amides is 7. The van der Waals surface area contributed by atoms with Gasteiger partial charge in [0, 0.05) is 87.8 Å². The second kappa shape index (κ2) is 39.7. The van der Waals surface area contributed by atoms with Gasteiger partial charge in [0.25, 0.3) is 0 Å². The van der Waals surface area contributed by atoms with Gasteiger partial charge in [-0.15, -0.1) is 5.10 Å². The average Bonchev–Trinajstić information content (AvgIpc) is 2.46. The monoisotopic (exact) mass is 1240 g/mol. The molecule has 27 nitrogen and oxygen atoms in total. The normalized spacial score (nSPS) is 22.9. The number of thioether (sulfide) groups is 1. The lowest BCUT2D eigenvalue weighted by Crippen LogP contribution is -2.54. The molecule has 28 heteroatoms. The lowest BCUT2D eigenvalue weighted by molar-refractivity contribution is -0.135. The Bertz CT molecular complexity index is 2580. The van der Waals surface area contributed by atoms with E-state index in [1.807, 2.05) is 25.6 Å². The summed E-state index contributed by atoms with van der Waals surface area (Å²) in [5.74, 6) is -6.35. The number of aryl methyl sites for hydroxylation is 1. The van der Waals surface area contributed by atoms with E-state index in [-0.39, 0.29) is 126 Å². The van der Waals surface area contributed by atoms with Crippen LogP contribution in [-0.2, 0) is 76.7 Å². The van der Waals surface area contributed by atoms with Crippen LogP contribution >= 0.6 is 11.8 Å². The molecule has 5 rings (SSSR count). The van der Waals surface area contributed by atoms with Gasteiger partial charge in [0.15, 0.2) is 23.3 Å². The summed E-state index contributed by atoms with van der Waals surface area (Å²) < 4.78 is 18.4. The first kappa shape index (κ1) is 72.4. The van der Waals surface area contributed by atoms with Crippen molar-refractivity contribution in [3.63, 3.8) is 0 Å². The van der Waals surface area contributed by atoms with E-state index in [0.29, 0.717) is 68.4 Å². The largest absolute Gasteiger partial charge is 0.508 e. The van der Waals surface area contributed by atoms with Crippen LogP contribution in [0.5, 0.6) is 5.75 Å². The molecule has 1 unspecified atom stereocenters. The zero-order chi connectivity index (χ0) is 63.7. The number of Topliss-reactive ketones (excluding diaryl/α,β-unsaturated/α-hetero) is 4. The maximum Gasteiger partial charge on any atom is 0.315 e. The highest BCUT2D eigenvalue weighted by atomic mass is 32.2. The van der Waals surface area contributed by atoms with Crippen molar-refractivity contribution in [2.75, 3.05) is 58.5 Å². The number of primary amides is 1. The smallest absolute Gasteiger partial charge is 0.315 e. The van der Waals surface area contributed by atoms with Crippen molar-refractivity contribution in [1.82, 2.24) is 46.9 Å². The Morgan fingerprint density at radius 2 is 1.47 bits per heavy atom. The molecule has 13 N–H and O–H groups in total.